The van der Waals surface area contributed by atoms with Gasteiger partial charge in [-0.2, -0.15) is 0 Å². The maximum absolute atomic E-state index is 4.54. The van der Waals surface area contributed by atoms with E-state index in [-0.39, 0.29) is 0 Å². The maximum Gasteiger partial charge on any atom is 0.0951 e. The molecule has 0 spiro atoms. The van der Waals surface area contributed by atoms with Crippen LogP contribution in [0.5, 0.6) is 0 Å². The number of hydrogen-bond acceptors (Lipinski definition) is 2. The minimum atomic E-state index is 1.09. The monoisotopic (exact) mass is 235 g/mol. The molecule has 1 aliphatic carbocycles. The first kappa shape index (κ1) is 12.6. The van der Waals surface area contributed by atoms with E-state index >= 15 is 0 Å². The van der Waals surface area contributed by atoms with E-state index in [4.69, 9.17) is 0 Å². The summed E-state index contributed by atoms with van der Waals surface area (Å²) in [6, 6.07) is 0. The minimum absolute atomic E-state index is 1.09. The van der Waals surface area contributed by atoms with Crippen LogP contribution in [-0.2, 0) is 19.4 Å². The van der Waals surface area contributed by atoms with Gasteiger partial charge < -0.3 is 9.88 Å². The highest BCUT2D eigenvalue weighted by atomic mass is 15.1. The van der Waals surface area contributed by atoms with Crippen molar-refractivity contribution in [2.45, 2.75) is 58.4 Å². The van der Waals surface area contributed by atoms with E-state index in [2.05, 4.69) is 28.1 Å². The van der Waals surface area contributed by atoms with Crippen LogP contribution in [0, 0.1) is 0 Å². The molecule has 3 nitrogen and oxygen atoms in total. The standard InChI is InChI=1S/C14H25N3/c1-2-15-10-6-3-7-11-17-12-16-13-8-4-5-9-14(13)17/h12,15H,2-11H2,1H3. The summed E-state index contributed by atoms with van der Waals surface area (Å²) in [5, 5.41) is 3.37. The Balaban J connectivity index is 1.70. The molecule has 0 bridgehead atoms. The zero-order valence-corrected chi connectivity index (χ0v) is 11.0. The zero-order chi connectivity index (χ0) is 11.9. The van der Waals surface area contributed by atoms with E-state index in [1.165, 1.54) is 62.9 Å². The number of imidazole rings is 1. The summed E-state index contributed by atoms with van der Waals surface area (Å²) in [7, 11) is 0. The van der Waals surface area contributed by atoms with Gasteiger partial charge in [-0.1, -0.05) is 13.3 Å². The van der Waals surface area contributed by atoms with Crippen molar-refractivity contribution >= 4 is 0 Å². The molecule has 0 radical (unpaired) electrons. The molecular weight excluding hydrogens is 210 g/mol. The molecular formula is C14H25N3. The lowest BCUT2D eigenvalue weighted by Gasteiger charge is -2.13. The van der Waals surface area contributed by atoms with Crippen LogP contribution >= 0.6 is 0 Å². The molecule has 1 aliphatic rings. The van der Waals surface area contributed by atoms with Crippen LogP contribution in [0.1, 0.15) is 50.4 Å². The summed E-state index contributed by atoms with van der Waals surface area (Å²) >= 11 is 0. The summed E-state index contributed by atoms with van der Waals surface area (Å²) in [4.78, 5) is 4.54. The molecule has 0 aliphatic heterocycles. The summed E-state index contributed by atoms with van der Waals surface area (Å²) in [6.45, 7) is 5.58. The van der Waals surface area contributed by atoms with Crippen molar-refractivity contribution in [3.8, 4) is 0 Å². The van der Waals surface area contributed by atoms with Crippen molar-refractivity contribution in [3.63, 3.8) is 0 Å². The van der Waals surface area contributed by atoms with Gasteiger partial charge in [-0.25, -0.2) is 4.98 Å². The van der Waals surface area contributed by atoms with E-state index < -0.39 is 0 Å². The molecule has 0 aromatic carbocycles. The van der Waals surface area contributed by atoms with E-state index in [0.29, 0.717) is 0 Å². The fourth-order valence-electron chi connectivity index (χ4n) is 2.61. The van der Waals surface area contributed by atoms with Crippen LogP contribution < -0.4 is 5.32 Å². The van der Waals surface area contributed by atoms with E-state index in [9.17, 15) is 0 Å². The first-order valence-corrected chi connectivity index (χ1v) is 7.15. The topological polar surface area (TPSA) is 29.9 Å². The molecule has 17 heavy (non-hydrogen) atoms. The van der Waals surface area contributed by atoms with Crippen molar-refractivity contribution < 1.29 is 0 Å². The highest BCUT2D eigenvalue weighted by Crippen LogP contribution is 2.20. The first-order chi connectivity index (χ1) is 8.42. The molecule has 0 unspecified atom stereocenters. The van der Waals surface area contributed by atoms with Crippen molar-refractivity contribution in [2.75, 3.05) is 13.1 Å². The highest BCUT2D eigenvalue weighted by Gasteiger charge is 2.14. The van der Waals surface area contributed by atoms with Gasteiger partial charge >= 0.3 is 0 Å². The number of unbranched alkanes of at least 4 members (excludes halogenated alkanes) is 2. The third-order valence-electron chi connectivity index (χ3n) is 3.61. The second kappa shape index (κ2) is 6.80. The molecule has 1 aromatic rings. The van der Waals surface area contributed by atoms with Gasteiger partial charge in [0.2, 0.25) is 0 Å². The van der Waals surface area contributed by atoms with Gasteiger partial charge in [0.05, 0.1) is 12.0 Å². The summed E-state index contributed by atoms with van der Waals surface area (Å²) in [5.41, 5.74) is 2.88. The van der Waals surface area contributed by atoms with Crippen molar-refractivity contribution in [1.82, 2.24) is 14.9 Å². The SMILES string of the molecule is CCNCCCCCn1cnc2c1CCCC2. The number of nitrogens with one attached hydrogen (secondary N) is 1. The number of rotatable bonds is 7. The minimum Gasteiger partial charge on any atom is -0.334 e. The lowest BCUT2D eigenvalue weighted by Crippen LogP contribution is -2.14. The van der Waals surface area contributed by atoms with E-state index in [0.717, 1.165) is 13.1 Å². The molecule has 0 saturated carbocycles. The maximum atomic E-state index is 4.54. The Labute approximate surface area is 105 Å². The number of aromatic nitrogens is 2. The number of aryl methyl sites for hydroxylation is 2. The van der Waals surface area contributed by atoms with Crippen LogP contribution in [-0.4, -0.2) is 22.6 Å². The Morgan fingerprint density at radius 1 is 1.24 bits per heavy atom. The smallest absolute Gasteiger partial charge is 0.0951 e. The Hall–Kier alpha value is -0.830. The quantitative estimate of drug-likeness (QED) is 0.736. The lowest BCUT2D eigenvalue weighted by molar-refractivity contribution is 0.542. The molecule has 0 atom stereocenters. The third-order valence-corrected chi connectivity index (χ3v) is 3.61. The fraction of sp³-hybridized carbons (Fsp3) is 0.786. The van der Waals surface area contributed by atoms with Gasteiger partial charge in [0.1, 0.15) is 0 Å². The molecule has 0 fully saturated rings. The predicted molar refractivity (Wildman–Crippen MR) is 71.3 cm³/mol. The lowest BCUT2D eigenvalue weighted by atomic mass is 10.0. The van der Waals surface area contributed by atoms with Crippen LogP contribution in [0.3, 0.4) is 0 Å². The molecule has 1 heterocycles. The van der Waals surface area contributed by atoms with Gasteiger partial charge in [-0.15, -0.1) is 0 Å². The largest absolute Gasteiger partial charge is 0.334 e. The van der Waals surface area contributed by atoms with E-state index in [1.54, 1.807) is 0 Å². The Kier molecular flexibility index (Phi) is 5.05. The molecule has 1 aromatic heterocycles. The third kappa shape index (κ3) is 3.56. The number of fused-ring (bicyclic) bond motifs is 1. The van der Waals surface area contributed by atoms with Crippen LogP contribution in [0.15, 0.2) is 6.33 Å². The Bertz CT molecular complexity index is 330. The van der Waals surface area contributed by atoms with Gasteiger partial charge in [-0.3, -0.25) is 0 Å². The van der Waals surface area contributed by atoms with Crippen LogP contribution in [0.4, 0.5) is 0 Å². The Morgan fingerprint density at radius 3 is 3.00 bits per heavy atom. The van der Waals surface area contributed by atoms with Gasteiger partial charge in [0, 0.05) is 12.2 Å². The van der Waals surface area contributed by atoms with Gasteiger partial charge in [0.25, 0.3) is 0 Å². The van der Waals surface area contributed by atoms with Crippen molar-refractivity contribution in [1.29, 1.82) is 0 Å². The summed E-state index contributed by atoms with van der Waals surface area (Å²) < 4.78 is 2.39. The second-order valence-electron chi connectivity index (χ2n) is 4.95. The van der Waals surface area contributed by atoms with Gasteiger partial charge in [-0.05, 0) is 51.6 Å². The predicted octanol–water partition coefficient (Wildman–Crippen LogP) is 2.54. The molecule has 2 rings (SSSR count). The normalized spacial score (nSPS) is 14.9. The molecule has 0 saturated heterocycles. The molecule has 1 N–H and O–H groups in total. The van der Waals surface area contributed by atoms with Crippen LogP contribution in [0.25, 0.3) is 0 Å². The molecule has 3 heteroatoms. The average Bonchev–Trinajstić information content (AvgIpc) is 2.77. The molecule has 0 amide bonds. The number of hydrogen-bond donors (Lipinski definition) is 1. The summed E-state index contributed by atoms with van der Waals surface area (Å²) in [5.74, 6) is 0. The van der Waals surface area contributed by atoms with Gasteiger partial charge in [0.15, 0.2) is 0 Å². The van der Waals surface area contributed by atoms with Crippen molar-refractivity contribution in [3.05, 3.63) is 17.7 Å². The fourth-order valence-corrected chi connectivity index (χ4v) is 2.61. The number of nitrogens with zero attached hydrogens (tertiary/aromatic N) is 2. The van der Waals surface area contributed by atoms with Crippen molar-refractivity contribution in [2.24, 2.45) is 0 Å². The van der Waals surface area contributed by atoms with E-state index in [1.807, 2.05) is 0 Å². The second-order valence-corrected chi connectivity index (χ2v) is 4.95. The van der Waals surface area contributed by atoms with Crippen LogP contribution in [0.2, 0.25) is 0 Å². The summed E-state index contributed by atoms with van der Waals surface area (Å²) in [6.07, 6.45) is 11.1. The zero-order valence-electron chi connectivity index (χ0n) is 11.0. The highest BCUT2D eigenvalue weighted by molar-refractivity contribution is 5.16. The first-order valence-electron chi connectivity index (χ1n) is 7.15. The average molecular weight is 235 g/mol. The molecule has 96 valence electrons. The Morgan fingerprint density at radius 2 is 2.12 bits per heavy atom.